The summed E-state index contributed by atoms with van der Waals surface area (Å²) < 4.78 is 24.1. The zero-order chi connectivity index (χ0) is 18.6. The third-order valence-corrected chi connectivity index (χ3v) is 5.35. The van der Waals surface area contributed by atoms with Crippen LogP contribution in [0, 0.1) is 0 Å². The number of sulfonamides is 1. The predicted molar refractivity (Wildman–Crippen MR) is 96.7 cm³/mol. The summed E-state index contributed by atoms with van der Waals surface area (Å²) in [6.07, 6.45) is 4.08. The maximum atomic E-state index is 12.1. The lowest BCUT2D eigenvalue weighted by molar-refractivity contribution is -0.122. The zero-order valence-corrected chi connectivity index (χ0v) is 15.2. The normalized spacial score (nSPS) is 17.8. The number of nitrogens with zero attached hydrogens (tertiary/aromatic N) is 2. The van der Waals surface area contributed by atoms with Gasteiger partial charge in [0, 0.05) is 25.2 Å². The summed E-state index contributed by atoms with van der Waals surface area (Å²) in [6.45, 7) is 2.44. The van der Waals surface area contributed by atoms with Crippen molar-refractivity contribution in [3.05, 3.63) is 47.8 Å². The fraction of sp³-hybridized carbons (Fsp3) is 0.412. The van der Waals surface area contributed by atoms with Gasteiger partial charge in [0.2, 0.25) is 15.9 Å². The molecule has 1 atom stereocenters. The third-order valence-electron chi connectivity index (χ3n) is 4.42. The molecule has 1 saturated heterocycles. The number of hydrogen-bond donors (Lipinski definition) is 3. The molecule has 1 fully saturated rings. The molecule has 9 heteroatoms. The number of nitrogens with two attached hydrogens (primary N) is 1. The van der Waals surface area contributed by atoms with E-state index < -0.39 is 10.0 Å². The molecule has 4 N–H and O–H groups in total. The van der Waals surface area contributed by atoms with E-state index in [1.54, 1.807) is 16.8 Å². The Hall–Kier alpha value is -2.23. The summed E-state index contributed by atoms with van der Waals surface area (Å²) in [5, 5.41) is 15.7. The van der Waals surface area contributed by atoms with E-state index >= 15 is 0 Å². The Morgan fingerprint density at radius 2 is 2.08 bits per heavy atom. The topological polar surface area (TPSA) is 119 Å². The quantitative estimate of drug-likeness (QED) is 0.670. The standard InChI is InChI=1S/C17H23N5O3S/c18-26(24,25)15-5-3-13(4-6-15)10-20-17(23)12-22-9-7-16(21-22)14-2-1-8-19-11-14/h3-7,9,14,19H,1-2,8,10-12H2,(H,20,23)(H2,18,24,25)/t14-/m0/s1. The van der Waals surface area contributed by atoms with E-state index in [4.69, 9.17) is 5.14 Å². The lowest BCUT2D eigenvalue weighted by Crippen LogP contribution is -2.29. The van der Waals surface area contributed by atoms with Crippen LogP contribution in [0.3, 0.4) is 0 Å². The lowest BCUT2D eigenvalue weighted by atomic mass is 9.97. The molecule has 1 aromatic carbocycles. The van der Waals surface area contributed by atoms with Gasteiger partial charge in [-0.1, -0.05) is 12.1 Å². The number of nitrogens with one attached hydrogen (secondary N) is 2. The minimum atomic E-state index is -3.70. The zero-order valence-electron chi connectivity index (χ0n) is 14.4. The van der Waals surface area contributed by atoms with E-state index in [-0.39, 0.29) is 17.3 Å². The highest BCUT2D eigenvalue weighted by Crippen LogP contribution is 2.21. The van der Waals surface area contributed by atoms with Crippen LogP contribution in [-0.4, -0.2) is 37.2 Å². The number of primary sulfonamides is 1. The van der Waals surface area contributed by atoms with Crippen molar-refractivity contribution in [1.29, 1.82) is 0 Å². The van der Waals surface area contributed by atoms with Gasteiger partial charge < -0.3 is 10.6 Å². The molecule has 0 radical (unpaired) electrons. The summed E-state index contributed by atoms with van der Waals surface area (Å²) >= 11 is 0. The third kappa shape index (κ3) is 4.90. The Balaban J connectivity index is 1.50. The number of benzene rings is 1. The summed E-state index contributed by atoms with van der Waals surface area (Å²) in [5.74, 6) is 0.252. The van der Waals surface area contributed by atoms with Crippen molar-refractivity contribution in [3.8, 4) is 0 Å². The lowest BCUT2D eigenvalue weighted by Gasteiger charge is -2.20. The Bertz CT molecular complexity index is 855. The molecule has 1 amide bonds. The van der Waals surface area contributed by atoms with E-state index in [9.17, 15) is 13.2 Å². The second kappa shape index (κ2) is 7.98. The van der Waals surface area contributed by atoms with Crippen molar-refractivity contribution >= 4 is 15.9 Å². The molecular weight excluding hydrogens is 354 g/mol. The molecule has 1 aliphatic rings. The minimum absolute atomic E-state index is 0.0499. The van der Waals surface area contributed by atoms with Gasteiger partial charge in [-0.2, -0.15) is 5.10 Å². The Morgan fingerprint density at radius 1 is 1.31 bits per heavy atom. The molecule has 1 aromatic heterocycles. The van der Waals surface area contributed by atoms with Crippen LogP contribution in [0.2, 0.25) is 0 Å². The van der Waals surface area contributed by atoms with Crippen LogP contribution in [0.25, 0.3) is 0 Å². The average Bonchev–Trinajstić information content (AvgIpc) is 3.09. The number of aromatic nitrogens is 2. The highest BCUT2D eigenvalue weighted by atomic mass is 32.2. The highest BCUT2D eigenvalue weighted by molar-refractivity contribution is 7.89. The second-order valence-corrected chi connectivity index (χ2v) is 8.01. The largest absolute Gasteiger partial charge is 0.350 e. The number of rotatable bonds is 6. The van der Waals surface area contributed by atoms with Gasteiger partial charge in [0.25, 0.3) is 0 Å². The van der Waals surface area contributed by atoms with Crippen LogP contribution >= 0.6 is 0 Å². The van der Waals surface area contributed by atoms with Crippen molar-refractivity contribution in [2.75, 3.05) is 13.1 Å². The van der Waals surface area contributed by atoms with Crippen LogP contribution in [0.1, 0.15) is 30.0 Å². The number of carbonyl (C=O) groups is 1. The Labute approximate surface area is 152 Å². The Morgan fingerprint density at radius 3 is 2.73 bits per heavy atom. The fourth-order valence-electron chi connectivity index (χ4n) is 2.99. The second-order valence-electron chi connectivity index (χ2n) is 6.45. The van der Waals surface area contributed by atoms with Crippen molar-refractivity contribution in [3.63, 3.8) is 0 Å². The van der Waals surface area contributed by atoms with Gasteiger partial charge in [0.15, 0.2) is 0 Å². The van der Waals surface area contributed by atoms with Crippen molar-refractivity contribution in [2.45, 2.75) is 36.7 Å². The molecule has 0 unspecified atom stereocenters. The van der Waals surface area contributed by atoms with Gasteiger partial charge in [-0.3, -0.25) is 9.48 Å². The predicted octanol–water partition coefficient (Wildman–Crippen LogP) is 0.314. The van der Waals surface area contributed by atoms with E-state index in [2.05, 4.69) is 15.7 Å². The molecule has 1 aliphatic heterocycles. The van der Waals surface area contributed by atoms with Crippen molar-refractivity contribution < 1.29 is 13.2 Å². The first kappa shape index (κ1) is 18.6. The van der Waals surface area contributed by atoms with Crippen LogP contribution < -0.4 is 15.8 Å². The minimum Gasteiger partial charge on any atom is -0.350 e. The van der Waals surface area contributed by atoms with Crippen LogP contribution in [0.5, 0.6) is 0 Å². The maximum absolute atomic E-state index is 12.1. The number of amides is 1. The molecular formula is C17H23N5O3S. The molecule has 0 spiro atoms. The molecule has 2 aromatic rings. The molecule has 0 saturated carbocycles. The van der Waals surface area contributed by atoms with Crippen molar-refractivity contribution in [2.24, 2.45) is 5.14 Å². The fourth-order valence-corrected chi connectivity index (χ4v) is 3.50. The summed E-state index contributed by atoms with van der Waals surface area (Å²) in [4.78, 5) is 12.1. The molecule has 8 nitrogen and oxygen atoms in total. The van der Waals surface area contributed by atoms with E-state index in [0.29, 0.717) is 12.5 Å². The monoisotopic (exact) mass is 377 g/mol. The SMILES string of the molecule is NS(=O)(=O)c1ccc(CNC(=O)Cn2ccc([C@H]3CCCNC3)n2)cc1. The number of piperidine rings is 1. The van der Waals surface area contributed by atoms with Crippen LogP contribution in [0.15, 0.2) is 41.4 Å². The number of carbonyl (C=O) groups excluding carboxylic acids is 1. The maximum Gasteiger partial charge on any atom is 0.241 e. The van der Waals surface area contributed by atoms with Gasteiger partial charge in [0.05, 0.1) is 10.6 Å². The molecule has 26 heavy (non-hydrogen) atoms. The first-order valence-corrected chi connectivity index (χ1v) is 10.1. The van der Waals surface area contributed by atoms with Gasteiger partial charge in [0.1, 0.15) is 6.54 Å². The van der Waals surface area contributed by atoms with Gasteiger partial charge in [-0.05, 0) is 43.1 Å². The summed E-state index contributed by atoms with van der Waals surface area (Å²) in [7, 11) is -3.70. The van der Waals surface area contributed by atoms with E-state index in [1.165, 1.54) is 12.1 Å². The molecule has 0 aliphatic carbocycles. The van der Waals surface area contributed by atoms with E-state index in [0.717, 1.165) is 37.2 Å². The summed E-state index contributed by atoms with van der Waals surface area (Å²) in [6, 6.07) is 8.07. The van der Waals surface area contributed by atoms with Gasteiger partial charge >= 0.3 is 0 Å². The number of hydrogen-bond acceptors (Lipinski definition) is 5. The average molecular weight is 377 g/mol. The molecule has 2 heterocycles. The smallest absolute Gasteiger partial charge is 0.241 e. The van der Waals surface area contributed by atoms with Crippen LogP contribution in [0.4, 0.5) is 0 Å². The first-order chi connectivity index (χ1) is 12.4. The first-order valence-electron chi connectivity index (χ1n) is 8.54. The van der Waals surface area contributed by atoms with Gasteiger partial charge in [-0.15, -0.1) is 0 Å². The van der Waals surface area contributed by atoms with E-state index in [1.807, 2.05) is 12.3 Å². The highest BCUT2D eigenvalue weighted by Gasteiger charge is 2.17. The molecule has 140 valence electrons. The summed E-state index contributed by atoms with van der Waals surface area (Å²) in [5.41, 5.74) is 1.81. The molecule has 0 bridgehead atoms. The van der Waals surface area contributed by atoms with Crippen molar-refractivity contribution in [1.82, 2.24) is 20.4 Å². The molecule has 3 rings (SSSR count). The Kier molecular flexibility index (Phi) is 5.70. The van der Waals surface area contributed by atoms with Crippen LogP contribution in [-0.2, 0) is 27.9 Å². The van der Waals surface area contributed by atoms with Gasteiger partial charge in [-0.25, -0.2) is 13.6 Å².